The molecule has 0 spiro atoms. The highest BCUT2D eigenvalue weighted by molar-refractivity contribution is 5.41. The molecule has 0 aromatic heterocycles. The van der Waals surface area contributed by atoms with Crippen molar-refractivity contribution >= 4 is 0 Å². The number of aryl methyl sites for hydroxylation is 1. The van der Waals surface area contributed by atoms with Crippen LogP contribution in [0.2, 0.25) is 0 Å². The van der Waals surface area contributed by atoms with E-state index in [4.69, 9.17) is 4.74 Å². The number of benzene rings is 2. The first-order chi connectivity index (χ1) is 9.65. The molecule has 1 atom stereocenters. The zero-order valence-electron chi connectivity index (χ0n) is 11.8. The minimum absolute atomic E-state index is 0.0604. The van der Waals surface area contributed by atoms with Gasteiger partial charge in [-0.05, 0) is 48.2 Å². The lowest BCUT2D eigenvalue weighted by Gasteiger charge is -2.18. The third kappa shape index (κ3) is 3.17. The summed E-state index contributed by atoms with van der Waals surface area (Å²) in [5.41, 5.74) is 3.16. The number of hydrogen-bond donors (Lipinski definition) is 1. The van der Waals surface area contributed by atoms with Crippen LogP contribution in [0.3, 0.4) is 0 Å². The first-order valence-corrected chi connectivity index (χ1v) is 6.66. The van der Waals surface area contributed by atoms with Gasteiger partial charge in [-0.25, -0.2) is 4.39 Å². The molecule has 0 amide bonds. The van der Waals surface area contributed by atoms with Crippen LogP contribution >= 0.6 is 0 Å². The van der Waals surface area contributed by atoms with Crippen LogP contribution in [0.4, 0.5) is 4.39 Å². The number of methoxy groups -OCH3 is 1. The summed E-state index contributed by atoms with van der Waals surface area (Å²) in [5.74, 6) is 0.656. The van der Waals surface area contributed by atoms with Gasteiger partial charge in [0.05, 0.1) is 7.11 Å². The van der Waals surface area contributed by atoms with Crippen molar-refractivity contribution in [3.8, 4) is 5.75 Å². The molecule has 20 heavy (non-hydrogen) atoms. The molecule has 0 saturated carbocycles. The predicted octanol–water partition coefficient (Wildman–Crippen LogP) is 3.66. The van der Waals surface area contributed by atoms with Gasteiger partial charge < -0.3 is 9.84 Å². The van der Waals surface area contributed by atoms with Crippen LogP contribution in [-0.4, -0.2) is 18.8 Å². The molecule has 0 aliphatic heterocycles. The molecule has 0 radical (unpaired) electrons. The van der Waals surface area contributed by atoms with Gasteiger partial charge in [0, 0.05) is 12.5 Å². The minimum atomic E-state index is -0.248. The van der Waals surface area contributed by atoms with Crippen molar-refractivity contribution in [2.75, 3.05) is 13.7 Å². The third-order valence-electron chi connectivity index (χ3n) is 3.51. The summed E-state index contributed by atoms with van der Waals surface area (Å²) < 4.78 is 18.3. The summed E-state index contributed by atoms with van der Waals surface area (Å²) >= 11 is 0. The Balaban J connectivity index is 2.37. The zero-order valence-corrected chi connectivity index (χ0v) is 11.8. The van der Waals surface area contributed by atoms with Gasteiger partial charge >= 0.3 is 0 Å². The molecule has 2 aromatic rings. The van der Waals surface area contributed by atoms with Crippen molar-refractivity contribution in [3.05, 3.63) is 65.0 Å². The average molecular weight is 274 g/mol. The third-order valence-corrected chi connectivity index (χ3v) is 3.51. The Morgan fingerprint density at radius 3 is 2.30 bits per heavy atom. The summed E-state index contributed by atoms with van der Waals surface area (Å²) in [6, 6.07) is 12.4. The van der Waals surface area contributed by atoms with Crippen LogP contribution in [0.15, 0.2) is 42.5 Å². The molecule has 0 saturated heterocycles. The van der Waals surface area contributed by atoms with E-state index >= 15 is 0 Å². The van der Waals surface area contributed by atoms with Crippen molar-refractivity contribution < 1.29 is 14.2 Å². The fourth-order valence-corrected chi connectivity index (χ4v) is 2.47. The van der Waals surface area contributed by atoms with E-state index < -0.39 is 0 Å². The Hall–Kier alpha value is -1.87. The van der Waals surface area contributed by atoms with Crippen LogP contribution < -0.4 is 4.74 Å². The van der Waals surface area contributed by atoms with E-state index in [1.54, 1.807) is 19.2 Å². The van der Waals surface area contributed by atoms with Crippen LogP contribution in [0.25, 0.3) is 0 Å². The van der Waals surface area contributed by atoms with E-state index in [0.29, 0.717) is 6.42 Å². The Bertz CT molecular complexity index is 564. The molecule has 0 aliphatic carbocycles. The lowest BCUT2D eigenvalue weighted by molar-refractivity contribution is 0.281. The topological polar surface area (TPSA) is 29.5 Å². The fourth-order valence-electron chi connectivity index (χ4n) is 2.47. The van der Waals surface area contributed by atoms with E-state index in [-0.39, 0.29) is 18.3 Å². The summed E-state index contributed by atoms with van der Waals surface area (Å²) in [4.78, 5) is 0. The Labute approximate surface area is 118 Å². The predicted molar refractivity (Wildman–Crippen MR) is 77.7 cm³/mol. The summed E-state index contributed by atoms with van der Waals surface area (Å²) in [6.45, 7) is 2.08. The van der Waals surface area contributed by atoms with Gasteiger partial charge in [-0.1, -0.05) is 24.3 Å². The molecule has 2 rings (SSSR count). The molecule has 1 unspecified atom stereocenters. The Morgan fingerprint density at radius 2 is 1.75 bits per heavy atom. The van der Waals surface area contributed by atoms with Gasteiger partial charge in [0.2, 0.25) is 0 Å². The Morgan fingerprint density at radius 1 is 1.10 bits per heavy atom. The molecule has 1 N–H and O–H groups in total. The number of aliphatic hydroxyl groups is 1. The van der Waals surface area contributed by atoms with Gasteiger partial charge in [-0.3, -0.25) is 0 Å². The van der Waals surface area contributed by atoms with E-state index in [0.717, 1.165) is 22.4 Å². The SMILES string of the molecule is COc1ccc(C(CCO)c2ccc(F)cc2)cc1C. The van der Waals surface area contributed by atoms with Gasteiger partial charge in [0.25, 0.3) is 0 Å². The number of aliphatic hydroxyl groups excluding tert-OH is 1. The van der Waals surface area contributed by atoms with Crippen LogP contribution in [0, 0.1) is 12.7 Å². The van der Waals surface area contributed by atoms with Crippen LogP contribution in [-0.2, 0) is 0 Å². The van der Waals surface area contributed by atoms with Crippen molar-refractivity contribution in [2.24, 2.45) is 0 Å². The monoisotopic (exact) mass is 274 g/mol. The first kappa shape index (κ1) is 14.5. The number of hydrogen-bond acceptors (Lipinski definition) is 2. The van der Waals surface area contributed by atoms with Crippen LogP contribution in [0.5, 0.6) is 5.75 Å². The maximum atomic E-state index is 13.0. The molecule has 2 nitrogen and oxygen atoms in total. The van der Waals surface area contributed by atoms with Gasteiger partial charge in [0.1, 0.15) is 11.6 Å². The van der Waals surface area contributed by atoms with Crippen molar-refractivity contribution in [2.45, 2.75) is 19.3 Å². The quantitative estimate of drug-likeness (QED) is 0.901. The normalized spacial score (nSPS) is 12.2. The van der Waals surface area contributed by atoms with Crippen LogP contribution in [0.1, 0.15) is 29.0 Å². The molecule has 2 aromatic carbocycles. The smallest absolute Gasteiger partial charge is 0.123 e. The minimum Gasteiger partial charge on any atom is -0.496 e. The van der Waals surface area contributed by atoms with E-state index in [2.05, 4.69) is 6.07 Å². The highest BCUT2D eigenvalue weighted by atomic mass is 19.1. The molecule has 0 heterocycles. The van der Waals surface area contributed by atoms with Gasteiger partial charge in [-0.15, -0.1) is 0 Å². The molecule has 0 bridgehead atoms. The second kappa shape index (κ2) is 6.53. The van der Waals surface area contributed by atoms with Gasteiger partial charge in [0.15, 0.2) is 0 Å². The highest BCUT2D eigenvalue weighted by Gasteiger charge is 2.15. The number of rotatable bonds is 5. The second-order valence-electron chi connectivity index (χ2n) is 4.85. The van der Waals surface area contributed by atoms with Gasteiger partial charge in [-0.2, -0.15) is 0 Å². The first-order valence-electron chi connectivity index (χ1n) is 6.66. The lowest BCUT2D eigenvalue weighted by atomic mass is 9.88. The lowest BCUT2D eigenvalue weighted by Crippen LogP contribution is -2.04. The van der Waals surface area contributed by atoms with E-state index in [1.165, 1.54) is 12.1 Å². The average Bonchev–Trinajstić information content (AvgIpc) is 2.46. The summed E-state index contributed by atoms with van der Waals surface area (Å²) in [6.07, 6.45) is 0.609. The van der Waals surface area contributed by atoms with E-state index in [1.807, 2.05) is 19.1 Å². The van der Waals surface area contributed by atoms with E-state index in [9.17, 15) is 9.50 Å². The number of ether oxygens (including phenoxy) is 1. The number of halogens is 1. The highest BCUT2D eigenvalue weighted by Crippen LogP contribution is 2.31. The maximum Gasteiger partial charge on any atom is 0.123 e. The summed E-state index contributed by atoms with van der Waals surface area (Å²) in [7, 11) is 1.65. The summed E-state index contributed by atoms with van der Waals surface area (Å²) in [5, 5.41) is 9.29. The second-order valence-corrected chi connectivity index (χ2v) is 4.85. The molecule has 0 fully saturated rings. The standard InChI is InChI=1S/C17H19FO2/c1-12-11-14(5-8-17(12)20-2)16(9-10-19)13-3-6-15(18)7-4-13/h3-8,11,16,19H,9-10H2,1-2H3. The largest absolute Gasteiger partial charge is 0.496 e. The van der Waals surface area contributed by atoms with Crippen molar-refractivity contribution in [1.29, 1.82) is 0 Å². The molecule has 0 aliphatic rings. The zero-order chi connectivity index (χ0) is 14.5. The molecule has 106 valence electrons. The molecule has 3 heteroatoms. The molecular weight excluding hydrogens is 255 g/mol. The molecular formula is C17H19FO2. The maximum absolute atomic E-state index is 13.0. The fraction of sp³-hybridized carbons (Fsp3) is 0.294. The Kier molecular flexibility index (Phi) is 4.74. The van der Waals surface area contributed by atoms with Crippen molar-refractivity contribution in [3.63, 3.8) is 0 Å². The van der Waals surface area contributed by atoms with Crippen molar-refractivity contribution in [1.82, 2.24) is 0 Å².